The number of benzene rings is 4. The van der Waals surface area contributed by atoms with Crippen molar-refractivity contribution < 1.29 is 51.0 Å². The van der Waals surface area contributed by atoms with Crippen molar-refractivity contribution >= 4 is 16.3 Å². The van der Waals surface area contributed by atoms with Crippen LogP contribution in [0.5, 0.6) is 0 Å². The summed E-state index contributed by atoms with van der Waals surface area (Å²) in [7, 11) is 0. The first-order valence-corrected chi connectivity index (χ1v) is 10.8. The van der Waals surface area contributed by atoms with Crippen LogP contribution < -0.4 is 24.8 Å². The monoisotopic (exact) mass is 556 g/mol. The Morgan fingerprint density at radius 2 is 1.21 bits per heavy atom. The quantitative estimate of drug-likeness (QED) is 0.292. The Hall–Kier alpha value is -2.31. The van der Waals surface area contributed by atoms with Gasteiger partial charge in [0.05, 0.1) is 0 Å². The number of hydrogen-bond acceptors (Lipinski definition) is 0. The van der Waals surface area contributed by atoms with E-state index in [1.54, 1.807) is 0 Å². The zero-order chi connectivity index (χ0) is 21.0. The van der Waals surface area contributed by atoms with Crippen LogP contribution in [-0.2, 0) is 26.2 Å². The Balaban J connectivity index is 0.000000221. The van der Waals surface area contributed by atoms with Crippen LogP contribution in [0.25, 0.3) is 27.5 Å². The third kappa shape index (κ3) is 6.03. The second kappa shape index (κ2) is 13.0. The van der Waals surface area contributed by atoms with Gasteiger partial charge in [-0.15, -0.1) is 75.5 Å². The zero-order valence-electron chi connectivity index (χ0n) is 18.9. The fraction of sp³-hybridized carbons (Fsp3) is 0.0645. The van der Waals surface area contributed by atoms with E-state index in [0.29, 0.717) is 5.92 Å². The number of hydrogen-bond donors (Lipinski definition) is 0. The summed E-state index contributed by atoms with van der Waals surface area (Å²) in [5, 5.41) is 2.63. The number of fused-ring (bicyclic) bond motifs is 2. The van der Waals surface area contributed by atoms with Gasteiger partial charge in [-0.25, -0.2) is 0 Å². The van der Waals surface area contributed by atoms with Crippen LogP contribution in [0.1, 0.15) is 29.5 Å². The van der Waals surface area contributed by atoms with Crippen LogP contribution in [0.15, 0.2) is 121 Å². The predicted molar refractivity (Wildman–Crippen MR) is 132 cm³/mol. The molecule has 0 N–H and O–H groups in total. The Morgan fingerprint density at radius 3 is 1.85 bits per heavy atom. The van der Waals surface area contributed by atoms with E-state index in [-0.39, 0.29) is 51.0 Å². The first-order chi connectivity index (χ1) is 15.3. The van der Waals surface area contributed by atoms with Crippen LogP contribution in [-0.4, -0.2) is 0 Å². The second-order valence-electron chi connectivity index (χ2n) is 7.95. The van der Waals surface area contributed by atoms with E-state index < -0.39 is 0 Å². The van der Waals surface area contributed by atoms with Gasteiger partial charge in [0, 0.05) is 0 Å². The Bertz CT molecular complexity index is 1300. The van der Waals surface area contributed by atoms with Gasteiger partial charge in [0.1, 0.15) is 0 Å². The van der Waals surface area contributed by atoms with Gasteiger partial charge in [0.25, 0.3) is 0 Å². The molecule has 0 heterocycles. The molecular formula is C31H24Cl2Zr. The van der Waals surface area contributed by atoms with Crippen molar-refractivity contribution in [1.29, 1.82) is 0 Å². The molecule has 0 nitrogen and oxygen atoms in total. The molecule has 6 rings (SSSR count). The van der Waals surface area contributed by atoms with Gasteiger partial charge < -0.3 is 24.8 Å². The molecule has 0 saturated carbocycles. The van der Waals surface area contributed by atoms with Crippen LogP contribution in [0.2, 0.25) is 0 Å². The predicted octanol–water partition coefficient (Wildman–Crippen LogP) is 2.27. The average Bonchev–Trinajstić information content (AvgIpc) is 3.42. The summed E-state index contributed by atoms with van der Waals surface area (Å²) in [5.41, 5.74) is 7.81. The summed E-state index contributed by atoms with van der Waals surface area (Å²) in [4.78, 5) is 0. The maximum Gasteiger partial charge on any atom is 4.00 e. The Labute approximate surface area is 234 Å². The minimum absolute atomic E-state index is 0. The SMILES string of the molecule is CC1C(c2ccccc2)=[C-]c2ccccc21.[Cl-].[Cl-].[Zr+4].c1ccc(-c2cc3ccccc3[cH-]2)cc1. The topological polar surface area (TPSA) is 0 Å². The molecule has 1 atom stereocenters. The third-order valence-electron chi connectivity index (χ3n) is 5.94. The normalized spacial score (nSPS) is 13.2. The van der Waals surface area contributed by atoms with Crippen molar-refractivity contribution in [3.05, 3.63) is 144 Å². The fourth-order valence-electron chi connectivity index (χ4n) is 4.28. The minimum Gasteiger partial charge on any atom is -1.00 e. The van der Waals surface area contributed by atoms with Gasteiger partial charge in [-0.3, -0.25) is 0 Å². The molecule has 0 aromatic heterocycles. The molecule has 0 spiro atoms. The molecule has 0 radical (unpaired) electrons. The van der Waals surface area contributed by atoms with Gasteiger partial charge in [0.2, 0.25) is 0 Å². The van der Waals surface area contributed by atoms with E-state index in [9.17, 15) is 0 Å². The van der Waals surface area contributed by atoms with Crippen molar-refractivity contribution in [2.75, 3.05) is 0 Å². The van der Waals surface area contributed by atoms with Crippen LogP contribution >= 0.6 is 0 Å². The van der Waals surface area contributed by atoms with Crippen molar-refractivity contribution in [1.82, 2.24) is 0 Å². The number of allylic oxidation sites excluding steroid dienone is 1. The van der Waals surface area contributed by atoms with Crippen molar-refractivity contribution in [3.63, 3.8) is 0 Å². The number of halogens is 2. The standard InChI is InChI=1S/C16H13.C15H11.2ClH.Zr/c1-12-15-10-6-5-9-14(15)11-16(12)13-7-3-2-4-8-13;1-2-6-12(7-3-1)15-10-13-8-4-5-9-14(13)11-15;;;/h2-10,12H,1H3;1-11H;2*1H;/q2*-1;;;+4/p-2. The van der Waals surface area contributed by atoms with Crippen molar-refractivity contribution in [2.45, 2.75) is 12.8 Å². The first kappa shape index (κ1) is 27.9. The molecule has 0 fully saturated rings. The summed E-state index contributed by atoms with van der Waals surface area (Å²) >= 11 is 0. The van der Waals surface area contributed by atoms with E-state index in [2.05, 4.69) is 128 Å². The van der Waals surface area contributed by atoms with Crippen molar-refractivity contribution in [2.24, 2.45) is 0 Å². The van der Waals surface area contributed by atoms with E-state index in [1.165, 1.54) is 44.2 Å². The van der Waals surface area contributed by atoms with Crippen molar-refractivity contribution in [3.8, 4) is 11.1 Å². The van der Waals surface area contributed by atoms with Gasteiger partial charge in [-0.2, -0.15) is 0 Å². The molecule has 0 bridgehead atoms. The molecule has 0 saturated heterocycles. The molecule has 5 aromatic rings. The second-order valence-corrected chi connectivity index (χ2v) is 7.95. The Morgan fingerprint density at radius 1 is 0.647 bits per heavy atom. The number of rotatable bonds is 2. The van der Waals surface area contributed by atoms with Crippen LogP contribution in [0.4, 0.5) is 0 Å². The molecule has 1 unspecified atom stereocenters. The zero-order valence-corrected chi connectivity index (χ0v) is 22.9. The molecule has 166 valence electrons. The van der Waals surface area contributed by atoms with E-state index in [4.69, 9.17) is 0 Å². The molecule has 1 aliphatic carbocycles. The molecule has 5 aromatic carbocycles. The van der Waals surface area contributed by atoms with E-state index >= 15 is 0 Å². The maximum atomic E-state index is 3.52. The van der Waals surface area contributed by atoms with E-state index in [0.717, 1.165) is 0 Å². The van der Waals surface area contributed by atoms with E-state index in [1.807, 2.05) is 6.07 Å². The minimum atomic E-state index is 0. The molecule has 3 heteroatoms. The first-order valence-electron chi connectivity index (χ1n) is 10.8. The van der Waals surface area contributed by atoms with Gasteiger partial charge in [-0.1, -0.05) is 103 Å². The summed E-state index contributed by atoms with van der Waals surface area (Å²) in [6.07, 6.45) is 3.52. The van der Waals surface area contributed by atoms with Crippen LogP contribution in [0, 0.1) is 6.08 Å². The Kier molecular flexibility index (Phi) is 10.6. The molecule has 0 amide bonds. The third-order valence-corrected chi connectivity index (χ3v) is 5.94. The van der Waals surface area contributed by atoms with Gasteiger partial charge in [0.15, 0.2) is 0 Å². The van der Waals surface area contributed by atoms with Crippen LogP contribution in [0.3, 0.4) is 0 Å². The average molecular weight is 559 g/mol. The maximum absolute atomic E-state index is 3.52. The molecule has 0 aliphatic heterocycles. The largest absolute Gasteiger partial charge is 4.00 e. The summed E-state index contributed by atoms with van der Waals surface area (Å²) in [6.45, 7) is 2.25. The summed E-state index contributed by atoms with van der Waals surface area (Å²) < 4.78 is 0. The summed E-state index contributed by atoms with van der Waals surface area (Å²) in [6, 6.07) is 42.5. The van der Waals surface area contributed by atoms with Gasteiger partial charge in [-0.05, 0) is 5.92 Å². The molecule has 1 aliphatic rings. The summed E-state index contributed by atoms with van der Waals surface area (Å²) in [5.74, 6) is 0.457. The van der Waals surface area contributed by atoms with Gasteiger partial charge >= 0.3 is 26.2 Å². The smallest absolute Gasteiger partial charge is 1.00 e. The fourth-order valence-corrected chi connectivity index (χ4v) is 4.28. The molecule has 34 heavy (non-hydrogen) atoms. The molecular weight excluding hydrogens is 534 g/mol.